The van der Waals surface area contributed by atoms with Gasteiger partial charge >= 0.3 is 5.97 Å². The summed E-state index contributed by atoms with van der Waals surface area (Å²) in [5, 5.41) is 16.8. The van der Waals surface area contributed by atoms with E-state index in [1.807, 2.05) is 41.8 Å². The highest BCUT2D eigenvalue weighted by molar-refractivity contribution is 7.12. The fourth-order valence-corrected chi connectivity index (χ4v) is 4.12. The quantitative estimate of drug-likeness (QED) is 0.283. The van der Waals surface area contributed by atoms with E-state index in [9.17, 15) is 9.90 Å². The number of carbonyl (C=O) groups excluding carboxylic acids is 1. The number of fused-ring (bicyclic) bond motifs is 1. The Morgan fingerprint density at radius 2 is 2.00 bits per heavy atom. The minimum Gasteiger partial charge on any atom is -0.494 e. The van der Waals surface area contributed by atoms with Crippen LogP contribution in [-0.2, 0) is 11.3 Å². The van der Waals surface area contributed by atoms with Crippen LogP contribution >= 0.6 is 11.3 Å². The molecule has 4 rings (SSSR count). The van der Waals surface area contributed by atoms with Gasteiger partial charge in [-0.15, -0.1) is 11.3 Å². The molecule has 0 atom stereocenters. The SMILES string of the molecule is CCNCc1ccc(N=C(c2cccs2)c2c(O)[nH]c3cc(C(=O)OC)ccc23)cc1. The summed E-state index contributed by atoms with van der Waals surface area (Å²) in [5.41, 5.74) is 4.30. The van der Waals surface area contributed by atoms with Gasteiger partial charge < -0.3 is 20.1 Å². The molecule has 0 unspecified atom stereocenters. The molecule has 6 nitrogen and oxygen atoms in total. The summed E-state index contributed by atoms with van der Waals surface area (Å²) in [5.74, 6) is -0.421. The normalized spacial score (nSPS) is 11.7. The Labute approximate surface area is 184 Å². The van der Waals surface area contributed by atoms with E-state index >= 15 is 0 Å². The standard InChI is InChI=1S/C24H23N3O3S/c1-3-25-14-15-6-9-17(10-7-15)26-22(20-5-4-12-31-20)21-18-11-8-16(24(29)30-2)13-19(18)27-23(21)28/h4-13,25,27-28H,3,14H2,1-2H3. The highest BCUT2D eigenvalue weighted by Gasteiger charge is 2.20. The van der Waals surface area contributed by atoms with Crippen LogP contribution in [0, 0.1) is 0 Å². The van der Waals surface area contributed by atoms with Crippen LogP contribution < -0.4 is 5.32 Å². The van der Waals surface area contributed by atoms with Crippen LogP contribution in [0.3, 0.4) is 0 Å². The van der Waals surface area contributed by atoms with Gasteiger partial charge in [0.1, 0.15) is 0 Å². The number of esters is 1. The first-order chi connectivity index (χ1) is 15.1. The van der Waals surface area contributed by atoms with Gasteiger partial charge in [0.25, 0.3) is 0 Å². The highest BCUT2D eigenvalue weighted by atomic mass is 32.1. The Hall–Kier alpha value is -3.42. The van der Waals surface area contributed by atoms with E-state index < -0.39 is 5.97 Å². The van der Waals surface area contributed by atoms with Crippen molar-refractivity contribution in [3.05, 3.63) is 81.5 Å². The van der Waals surface area contributed by atoms with Crippen molar-refractivity contribution < 1.29 is 14.6 Å². The first kappa shape index (κ1) is 20.8. The van der Waals surface area contributed by atoms with Crippen molar-refractivity contribution in [1.82, 2.24) is 10.3 Å². The lowest BCUT2D eigenvalue weighted by molar-refractivity contribution is 0.0601. The fraction of sp³-hybridized carbons (Fsp3) is 0.167. The van der Waals surface area contributed by atoms with Crippen molar-refractivity contribution in [3.63, 3.8) is 0 Å². The number of aliphatic imine (C=N–C) groups is 1. The third-order valence-electron chi connectivity index (χ3n) is 4.95. The maximum absolute atomic E-state index is 11.9. The molecule has 0 fully saturated rings. The summed E-state index contributed by atoms with van der Waals surface area (Å²) in [6.07, 6.45) is 0. The van der Waals surface area contributed by atoms with Crippen molar-refractivity contribution in [2.24, 2.45) is 4.99 Å². The van der Waals surface area contributed by atoms with E-state index in [-0.39, 0.29) is 5.88 Å². The predicted octanol–water partition coefficient (Wildman–Crippen LogP) is 5.00. The summed E-state index contributed by atoms with van der Waals surface area (Å²) >= 11 is 1.55. The molecule has 2 aromatic carbocycles. The lowest BCUT2D eigenvalue weighted by Crippen LogP contribution is -2.11. The Bertz CT molecular complexity index is 1230. The third-order valence-corrected chi connectivity index (χ3v) is 5.82. The smallest absolute Gasteiger partial charge is 0.337 e. The molecule has 0 amide bonds. The number of ether oxygens (including phenoxy) is 1. The van der Waals surface area contributed by atoms with Crippen molar-refractivity contribution in [2.45, 2.75) is 13.5 Å². The molecule has 0 aliphatic rings. The number of nitrogens with one attached hydrogen (secondary N) is 2. The van der Waals surface area contributed by atoms with E-state index in [4.69, 9.17) is 9.73 Å². The maximum Gasteiger partial charge on any atom is 0.337 e. The van der Waals surface area contributed by atoms with Gasteiger partial charge in [-0.05, 0) is 47.8 Å². The molecule has 4 aromatic rings. The van der Waals surface area contributed by atoms with Gasteiger partial charge in [0.15, 0.2) is 5.88 Å². The molecule has 0 saturated carbocycles. The van der Waals surface area contributed by atoms with Gasteiger partial charge in [0, 0.05) is 17.4 Å². The van der Waals surface area contributed by atoms with Gasteiger partial charge in [0.2, 0.25) is 0 Å². The largest absolute Gasteiger partial charge is 0.494 e. The summed E-state index contributed by atoms with van der Waals surface area (Å²) in [4.78, 5) is 20.7. The molecule has 0 aliphatic heterocycles. The molecule has 3 N–H and O–H groups in total. The average molecular weight is 434 g/mol. The lowest BCUT2D eigenvalue weighted by Gasteiger charge is -2.07. The number of aromatic hydroxyl groups is 1. The van der Waals surface area contributed by atoms with Crippen molar-refractivity contribution >= 4 is 39.6 Å². The van der Waals surface area contributed by atoms with Gasteiger partial charge in [-0.25, -0.2) is 9.79 Å². The molecule has 2 aromatic heterocycles. The number of hydrogen-bond acceptors (Lipinski definition) is 6. The van der Waals surface area contributed by atoms with Crippen LogP contribution in [0.5, 0.6) is 5.88 Å². The zero-order valence-electron chi connectivity index (χ0n) is 17.3. The zero-order chi connectivity index (χ0) is 21.8. The van der Waals surface area contributed by atoms with Crippen LogP contribution in [0.15, 0.2) is 65.0 Å². The number of H-pyrrole nitrogens is 1. The van der Waals surface area contributed by atoms with E-state index in [0.717, 1.165) is 29.0 Å². The van der Waals surface area contributed by atoms with Crippen LogP contribution in [0.2, 0.25) is 0 Å². The molecule has 0 bridgehead atoms. The molecular formula is C24H23N3O3S. The highest BCUT2D eigenvalue weighted by Crippen LogP contribution is 2.33. The number of nitrogens with zero attached hydrogens (tertiary/aromatic N) is 1. The van der Waals surface area contributed by atoms with E-state index in [1.165, 1.54) is 12.7 Å². The summed E-state index contributed by atoms with van der Waals surface area (Å²) in [7, 11) is 1.34. The molecule has 0 radical (unpaired) electrons. The van der Waals surface area contributed by atoms with E-state index in [1.54, 1.807) is 29.5 Å². The summed E-state index contributed by atoms with van der Waals surface area (Å²) in [6.45, 7) is 3.80. The maximum atomic E-state index is 11.9. The first-order valence-electron chi connectivity index (χ1n) is 9.96. The summed E-state index contributed by atoms with van der Waals surface area (Å²) < 4.78 is 4.80. The second kappa shape index (κ2) is 9.16. The van der Waals surface area contributed by atoms with Crippen molar-refractivity contribution in [2.75, 3.05) is 13.7 Å². The van der Waals surface area contributed by atoms with Crippen molar-refractivity contribution in [1.29, 1.82) is 0 Å². The number of thiophene rings is 1. The summed E-state index contributed by atoms with van der Waals surface area (Å²) in [6, 6.07) is 17.1. The Balaban J connectivity index is 1.80. The van der Waals surface area contributed by atoms with Crippen LogP contribution in [-0.4, -0.2) is 35.4 Å². The Morgan fingerprint density at radius 1 is 1.19 bits per heavy atom. The number of benzene rings is 2. The van der Waals surface area contributed by atoms with Gasteiger partial charge in [-0.2, -0.15) is 0 Å². The molecule has 2 heterocycles. The topological polar surface area (TPSA) is 86.7 Å². The number of aromatic amines is 1. The predicted molar refractivity (Wildman–Crippen MR) is 125 cm³/mol. The van der Waals surface area contributed by atoms with Crippen LogP contribution in [0.25, 0.3) is 10.9 Å². The van der Waals surface area contributed by atoms with Crippen molar-refractivity contribution in [3.8, 4) is 5.88 Å². The Morgan fingerprint density at radius 3 is 2.68 bits per heavy atom. The van der Waals surface area contributed by atoms with Gasteiger partial charge in [-0.1, -0.05) is 31.2 Å². The second-order valence-electron chi connectivity index (χ2n) is 6.99. The number of methoxy groups -OCH3 is 1. The Kier molecular flexibility index (Phi) is 6.16. The van der Waals surface area contributed by atoms with Crippen LogP contribution in [0.1, 0.15) is 33.3 Å². The molecule has 31 heavy (non-hydrogen) atoms. The number of carbonyl (C=O) groups is 1. The molecular weight excluding hydrogens is 410 g/mol. The molecule has 0 aliphatic carbocycles. The van der Waals surface area contributed by atoms with Gasteiger partial charge in [0.05, 0.1) is 34.5 Å². The van der Waals surface area contributed by atoms with Crippen LogP contribution in [0.4, 0.5) is 5.69 Å². The number of hydrogen-bond donors (Lipinski definition) is 3. The third kappa shape index (κ3) is 4.38. The monoisotopic (exact) mass is 433 g/mol. The first-order valence-corrected chi connectivity index (χ1v) is 10.8. The number of rotatable bonds is 7. The lowest BCUT2D eigenvalue weighted by atomic mass is 10.0. The minimum absolute atomic E-state index is 0.00734. The molecule has 7 heteroatoms. The van der Waals surface area contributed by atoms with Gasteiger partial charge in [-0.3, -0.25) is 0 Å². The van der Waals surface area contributed by atoms with E-state index in [0.29, 0.717) is 22.4 Å². The second-order valence-corrected chi connectivity index (χ2v) is 7.93. The molecule has 158 valence electrons. The molecule has 0 spiro atoms. The zero-order valence-corrected chi connectivity index (χ0v) is 18.1. The fourth-order valence-electron chi connectivity index (χ4n) is 3.40. The minimum atomic E-state index is -0.428. The van der Waals surface area contributed by atoms with E-state index in [2.05, 4.69) is 17.2 Å². The number of aromatic nitrogens is 1. The average Bonchev–Trinajstić information content (AvgIpc) is 3.43. The molecule has 0 saturated heterocycles.